The lowest BCUT2D eigenvalue weighted by molar-refractivity contribution is -0.141. The number of nitrogens with zero attached hydrogens (tertiary/aromatic N) is 4. The number of hydrogen-bond donors (Lipinski definition) is 2. The zero-order chi connectivity index (χ0) is 18.7. The van der Waals surface area contributed by atoms with Crippen molar-refractivity contribution in [1.82, 2.24) is 14.9 Å². The Morgan fingerprint density at radius 3 is 2.85 bits per heavy atom. The molecule has 26 heavy (non-hydrogen) atoms. The van der Waals surface area contributed by atoms with Crippen LogP contribution in [0.3, 0.4) is 0 Å². The monoisotopic (exact) mass is 358 g/mol. The Labute approximate surface area is 151 Å². The van der Waals surface area contributed by atoms with Gasteiger partial charge in [0.25, 0.3) is 0 Å². The van der Waals surface area contributed by atoms with Gasteiger partial charge in [0.15, 0.2) is 0 Å². The largest absolute Gasteiger partial charge is 0.481 e. The Balaban J connectivity index is 1.68. The number of fused-ring (bicyclic) bond motifs is 1. The number of rotatable bonds is 6. The molecule has 1 fully saturated rings. The quantitative estimate of drug-likeness (QED) is 0.790. The molecule has 2 aromatic rings. The fraction of sp³-hybridized carbons (Fsp3) is 0.444. The summed E-state index contributed by atoms with van der Waals surface area (Å²) in [5, 5.41) is 19.6. The molecule has 0 bridgehead atoms. The van der Waals surface area contributed by atoms with Crippen LogP contribution in [-0.2, 0) is 9.59 Å². The Kier molecular flexibility index (Phi) is 5.03. The zero-order valence-corrected chi connectivity index (χ0v) is 14.6. The van der Waals surface area contributed by atoms with E-state index in [9.17, 15) is 14.7 Å². The van der Waals surface area contributed by atoms with Crippen LogP contribution in [0, 0.1) is 0 Å². The molecule has 3 heterocycles. The molecule has 0 radical (unpaired) electrons. The maximum Gasteiger partial charge on any atom is 0.303 e. The van der Waals surface area contributed by atoms with Crippen molar-refractivity contribution in [1.29, 1.82) is 0 Å². The summed E-state index contributed by atoms with van der Waals surface area (Å²) < 4.78 is 0. The van der Waals surface area contributed by atoms with Crippen molar-refractivity contribution in [3.8, 4) is 0 Å². The fourth-order valence-electron chi connectivity index (χ4n) is 3.35. The third-order valence-corrected chi connectivity index (χ3v) is 4.66. The Bertz CT molecular complexity index is 822. The van der Waals surface area contributed by atoms with Gasteiger partial charge in [0.05, 0.1) is 24.2 Å². The molecule has 2 N–H and O–H groups in total. The van der Waals surface area contributed by atoms with Crippen molar-refractivity contribution in [3.63, 3.8) is 0 Å². The summed E-state index contributed by atoms with van der Waals surface area (Å²) >= 11 is 0. The van der Waals surface area contributed by atoms with Crippen LogP contribution in [0.1, 0.15) is 19.3 Å². The molecule has 8 heteroatoms. The first-order chi connectivity index (χ1) is 12.4. The van der Waals surface area contributed by atoms with E-state index in [0.29, 0.717) is 19.5 Å². The highest BCUT2D eigenvalue weighted by molar-refractivity contribution is 5.87. The van der Waals surface area contributed by atoms with E-state index in [1.807, 2.05) is 23.1 Å². The highest BCUT2D eigenvalue weighted by atomic mass is 16.4. The number of carboxylic acids is 1. The van der Waals surface area contributed by atoms with Crippen LogP contribution in [0.25, 0.3) is 11.0 Å². The second-order valence-corrected chi connectivity index (χ2v) is 6.74. The predicted octanol–water partition coefficient (Wildman–Crippen LogP) is 0.894. The summed E-state index contributed by atoms with van der Waals surface area (Å²) in [6.45, 7) is 1.18. The number of carbonyl (C=O) groups excluding carboxylic acids is 1. The van der Waals surface area contributed by atoms with Gasteiger partial charge in [-0.1, -0.05) is 0 Å². The number of aliphatic carboxylic acids is 1. The lowest BCUT2D eigenvalue weighted by Crippen LogP contribution is -2.45. The summed E-state index contributed by atoms with van der Waals surface area (Å²) in [5.74, 6) is -1.29. The minimum absolute atomic E-state index is 0.0649. The van der Waals surface area contributed by atoms with Gasteiger partial charge in [0, 0.05) is 39.0 Å². The summed E-state index contributed by atoms with van der Waals surface area (Å²) in [4.78, 5) is 34.8. The molecule has 8 nitrogen and oxygen atoms in total. The van der Waals surface area contributed by atoms with Crippen LogP contribution in [0.15, 0.2) is 30.6 Å². The maximum atomic E-state index is 12.0. The number of aliphatic hydroxyl groups is 1. The third-order valence-electron chi connectivity index (χ3n) is 4.66. The second-order valence-electron chi connectivity index (χ2n) is 6.74. The topological polar surface area (TPSA) is 107 Å². The van der Waals surface area contributed by atoms with Crippen LogP contribution in [-0.4, -0.2) is 69.2 Å². The van der Waals surface area contributed by atoms with Crippen LogP contribution < -0.4 is 4.90 Å². The molecular formula is C18H22N4O4. The number of amides is 1. The highest BCUT2D eigenvalue weighted by Crippen LogP contribution is 2.31. The molecule has 1 atom stereocenters. The molecule has 0 unspecified atom stereocenters. The second kappa shape index (κ2) is 7.25. The zero-order valence-electron chi connectivity index (χ0n) is 14.6. The van der Waals surface area contributed by atoms with E-state index in [4.69, 9.17) is 5.11 Å². The normalized spacial score (nSPS) is 19.7. The van der Waals surface area contributed by atoms with Crippen molar-refractivity contribution in [2.24, 2.45) is 0 Å². The smallest absolute Gasteiger partial charge is 0.303 e. The Morgan fingerprint density at radius 1 is 1.27 bits per heavy atom. The van der Waals surface area contributed by atoms with E-state index in [0.717, 1.165) is 16.7 Å². The van der Waals surface area contributed by atoms with Crippen molar-refractivity contribution in [3.05, 3.63) is 30.6 Å². The van der Waals surface area contributed by atoms with Crippen LogP contribution in [0.2, 0.25) is 0 Å². The van der Waals surface area contributed by atoms with Crippen molar-refractivity contribution < 1.29 is 19.8 Å². The van der Waals surface area contributed by atoms with Crippen molar-refractivity contribution in [2.45, 2.75) is 24.9 Å². The van der Waals surface area contributed by atoms with Gasteiger partial charge in [0.1, 0.15) is 11.1 Å². The van der Waals surface area contributed by atoms with E-state index in [1.54, 1.807) is 19.4 Å². The van der Waals surface area contributed by atoms with Crippen molar-refractivity contribution in [2.75, 3.05) is 31.6 Å². The van der Waals surface area contributed by atoms with E-state index in [1.165, 1.54) is 4.90 Å². The van der Waals surface area contributed by atoms with E-state index in [-0.39, 0.29) is 25.3 Å². The molecule has 2 aromatic heterocycles. The molecule has 1 saturated heterocycles. The molecule has 3 rings (SSSR count). The highest BCUT2D eigenvalue weighted by Gasteiger charge is 2.38. The summed E-state index contributed by atoms with van der Waals surface area (Å²) in [6.07, 6.45) is 3.68. The van der Waals surface area contributed by atoms with Gasteiger partial charge >= 0.3 is 5.97 Å². The van der Waals surface area contributed by atoms with E-state index in [2.05, 4.69) is 9.97 Å². The summed E-state index contributed by atoms with van der Waals surface area (Å²) in [7, 11) is 1.59. The molecule has 0 saturated carbocycles. The number of carbonyl (C=O) groups is 2. The van der Waals surface area contributed by atoms with Gasteiger partial charge in [-0.05, 0) is 24.6 Å². The number of aromatic nitrogens is 2. The number of carboxylic acid groups (broad SMARTS) is 1. The molecule has 1 aliphatic rings. The van der Waals surface area contributed by atoms with Gasteiger partial charge in [-0.25, -0.2) is 0 Å². The number of hydrogen-bond acceptors (Lipinski definition) is 6. The number of anilines is 1. The average Bonchev–Trinajstić information content (AvgIpc) is 3.00. The first-order valence-corrected chi connectivity index (χ1v) is 8.51. The molecule has 1 aliphatic heterocycles. The first kappa shape index (κ1) is 18.1. The van der Waals surface area contributed by atoms with Crippen LogP contribution >= 0.6 is 0 Å². The summed E-state index contributed by atoms with van der Waals surface area (Å²) in [5.41, 5.74) is 1.44. The van der Waals surface area contributed by atoms with Crippen molar-refractivity contribution >= 4 is 28.6 Å². The maximum absolute atomic E-state index is 12.0. The fourth-order valence-corrected chi connectivity index (χ4v) is 3.35. The third kappa shape index (κ3) is 3.91. The Hall–Kier alpha value is -2.74. The summed E-state index contributed by atoms with van der Waals surface area (Å²) in [6, 6.07) is 5.60. The molecule has 0 spiro atoms. The number of pyridine rings is 2. The minimum Gasteiger partial charge on any atom is -0.481 e. The number of β-amino-alcohol motifs (C(OH)–C–C–N with tert-alkyl or cyclic N) is 1. The van der Waals surface area contributed by atoms with E-state index < -0.39 is 11.6 Å². The van der Waals surface area contributed by atoms with Crippen LogP contribution in [0.5, 0.6) is 0 Å². The predicted molar refractivity (Wildman–Crippen MR) is 95.8 cm³/mol. The molecule has 1 amide bonds. The molecule has 0 aliphatic carbocycles. The first-order valence-electron chi connectivity index (χ1n) is 8.51. The number of likely N-dealkylation sites (N-methyl/N-ethyl adjacent to an activating group) is 1. The van der Waals surface area contributed by atoms with E-state index >= 15 is 0 Å². The molecular weight excluding hydrogens is 336 g/mol. The SMILES string of the molecule is CN(C[C@@]1(O)CCN(c2ccnc3cccnc23)C1)C(=O)CCC(=O)O. The van der Waals surface area contributed by atoms with Crippen LogP contribution in [0.4, 0.5) is 5.69 Å². The van der Waals surface area contributed by atoms with Gasteiger partial charge in [-0.15, -0.1) is 0 Å². The Morgan fingerprint density at radius 2 is 2.08 bits per heavy atom. The van der Waals surface area contributed by atoms with Gasteiger partial charge in [-0.3, -0.25) is 19.6 Å². The molecule has 0 aromatic carbocycles. The lowest BCUT2D eigenvalue weighted by atomic mass is 10.0. The van der Waals surface area contributed by atoms with Gasteiger partial charge < -0.3 is 20.0 Å². The average molecular weight is 358 g/mol. The standard InChI is InChI=1S/C18H22N4O4/c1-21(15(23)4-5-16(24)25)11-18(26)7-10-22(12-18)14-6-9-19-13-3-2-8-20-17(13)14/h2-3,6,8-9,26H,4-5,7,10-12H2,1H3,(H,24,25)/t18-/m0/s1. The lowest BCUT2D eigenvalue weighted by Gasteiger charge is -2.29. The van der Waals surface area contributed by atoms with Gasteiger partial charge in [0.2, 0.25) is 5.91 Å². The van der Waals surface area contributed by atoms with Gasteiger partial charge in [-0.2, -0.15) is 0 Å². The minimum atomic E-state index is -1.04. The molecule has 138 valence electrons.